The normalized spacial score (nSPS) is 21.0. The summed E-state index contributed by atoms with van der Waals surface area (Å²) >= 11 is 0. The molecule has 6 nitrogen and oxygen atoms in total. The van der Waals surface area contributed by atoms with Crippen molar-refractivity contribution < 1.29 is 4.74 Å². The van der Waals surface area contributed by atoms with Crippen LogP contribution in [0, 0.1) is 0 Å². The molecule has 0 spiro atoms. The van der Waals surface area contributed by atoms with Crippen LogP contribution in [0.5, 0.6) is 0 Å². The number of hydrogen-bond acceptors (Lipinski definition) is 5. The number of pyridine rings is 1. The average Bonchev–Trinajstić information content (AvgIpc) is 3.30. The largest absolute Gasteiger partial charge is 0.370 e. The Balaban J connectivity index is 1.35. The lowest BCUT2D eigenvalue weighted by atomic mass is 10.1. The lowest BCUT2D eigenvalue weighted by molar-refractivity contribution is 0.101. The van der Waals surface area contributed by atoms with Crippen LogP contribution in [0.25, 0.3) is 10.9 Å². The number of rotatable bonds is 3. The minimum absolute atomic E-state index is 0.131. The second kappa shape index (κ2) is 6.78. The van der Waals surface area contributed by atoms with Crippen molar-refractivity contribution in [1.29, 1.82) is 0 Å². The van der Waals surface area contributed by atoms with Crippen LogP contribution < -0.4 is 0 Å². The van der Waals surface area contributed by atoms with Crippen LogP contribution in [0.1, 0.15) is 36.2 Å². The van der Waals surface area contributed by atoms with E-state index >= 15 is 0 Å². The second-order valence-electron chi connectivity index (χ2n) is 7.14. The Morgan fingerprint density at radius 1 is 1.08 bits per heavy atom. The van der Waals surface area contributed by atoms with Gasteiger partial charge in [0.15, 0.2) is 5.82 Å². The quantitative estimate of drug-likeness (QED) is 0.728. The molecule has 2 aromatic heterocycles. The minimum Gasteiger partial charge on any atom is -0.370 e. The van der Waals surface area contributed by atoms with E-state index in [4.69, 9.17) is 4.74 Å². The zero-order valence-electron chi connectivity index (χ0n) is 14.8. The Morgan fingerprint density at radius 3 is 2.96 bits per heavy atom. The highest BCUT2D eigenvalue weighted by molar-refractivity contribution is 5.81. The summed E-state index contributed by atoms with van der Waals surface area (Å²) in [6.07, 6.45) is 5.16. The van der Waals surface area contributed by atoms with Crippen LogP contribution in [0.4, 0.5) is 0 Å². The van der Waals surface area contributed by atoms with Gasteiger partial charge in [0.1, 0.15) is 11.9 Å². The second-order valence-corrected chi connectivity index (χ2v) is 7.14. The molecule has 5 rings (SSSR count). The van der Waals surface area contributed by atoms with Crippen LogP contribution in [0.2, 0.25) is 0 Å². The number of aromatic nitrogens is 4. The number of nitrogens with zero attached hydrogens (tertiary/aromatic N) is 5. The predicted molar refractivity (Wildman–Crippen MR) is 98.7 cm³/mol. The summed E-state index contributed by atoms with van der Waals surface area (Å²) in [5.41, 5.74) is 2.41. The Labute approximate surface area is 152 Å². The molecule has 2 aliphatic heterocycles. The Kier molecular flexibility index (Phi) is 4.15. The van der Waals surface area contributed by atoms with Gasteiger partial charge >= 0.3 is 0 Å². The van der Waals surface area contributed by atoms with Crippen LogP contribution in [-0.4, -0.2) is 44.3 Å². The number of hydrogen-bond donors (Lipinski definition) is 0. The van der Waals surface area contributed by atoms with Gasteiger partial charge in [-0.1, -0.05) is 18.2 Å². The molecule has 1 aromatic carbocycles. The highest BCUT2D eigenvalue weighted by Crippen LogP contribution is 2.28. The monoisotopic (exact) mass is 349 g/mol. The van der Waals surface area contributed by atoms with Crippen molar-refractivity contribution in [2.45, 2.75) is 38.5 Å². The van der Waals surface area contributed by atoms with Gasteiger partial charge in [-0.15, -0.1) is 10.2 Å². The summed E-state index contributed by atoms with van der Waals surface area (Å²) in [5.74, 6) is 2.12. The van der Waals surface area contributed by atoms with Crippen LogP contribution in [0.15, 0.2) is 36.5 Å². The molecule has 1 unspecified atom stereocenters. The first kappa shape index (κ1) is 15.9. The molecule has 0 aliphatic carbocycles. The first-order valence-electron chi connectivity index (χ1n) is 9.47. The van der Waals surface area contributed by atoms with Gasteiger partial charge in [-0.25, -0.2) is 0 Å². The third kappa shape index (κ3) is 2.89. The van der Waals surface area contributed by atoms with Crippen molar-refractivity contribution >= 4 is 10.9 Å². The van der Waals surface area contributed by atoms with Crippen molar-refractivity contribution in [3.05, 3.63) is 53.7 Å². The van der Waals surface area contributed by atoms with Gasteiger partial charge in [-0.2, -0.15) is 0 Å². The van der Waals surface area contributed by atoms with Crippen molar-refractivity contribution in [3.8, 4) is 0 Å². The first-order valence-corrected chi connectivity index (χ1v) is 9.47. The number of ether oxygens (including phenoxy) is 1. The van der Waals surface area contributed by atoms with Crippen LogP contribution in [-0.2, 0) is 24.2 Å². The van der Waals surface area contributed by atoms with E-state index in [0.29, 0.717) is 0 Å². The van der Waals surface area contributed by atoms with E-state index in [1.54, 1.807) is 0 Å². The molecule has 4 heterocycles. The molecule has 0 saturated carbocycles. The molecule has 1 atom stereocenters. The topological polar surface area (TPSA) is 56.1 Å². The van der Waals surface area contributed by atoms with E-state index < -0.39 is 0 Å². The molecular formula is C20H23N5O. The maximum atomic E-state index is 5.83. The zero-order chi connectivity index (χ0) is 17.3. The molecule has 3 aromatic rings. The molecule has 1 saturated heterocycles. The van der Waals surface area contributed by atoms with Crippen LogP contribution in [0.3, 0.4) is 0 Å². The molecule has 26 heavy (non-hydrogen) atoms. The van der Waals surface area contributed by atoms with Gasteiger partial charge in [0, 0.05) is 50.8 Å². The smallest absolute Gasteiger partial charge is 0.162 e. The average molecular weight is 349 g/mol. The fourth-order valence-corrected chi connectivity index (χ4v) is 4.10. The molecule has 2 aliphatic rings. The summed E-state index contributed by atoms with van der Waals surface area (Å²) in [4.78, 5) is 6.99. The molecule has 0 radical (unpaired) electrons. The van der Waals surface area contributed by atoms with Gasteiger partial charge < -0.3 is 9.30 Å². The Morgan fingerprint density at radius 2 is 2.04 bits per heavy atom. The fraction of sp³-hybridized carbons (Fsp3) is 0.450. The number of benzene rings is 1. The lowest BCUT2D eigenvalue weighted by Gasteiger charge is -2.20. The summed E-state index contributed by atoms with van der Waals surface area (Å²) < 4.78 is 8.12. The van der Waals surface area contributed by atoms with Crippen molar-refractivity contribution in [2.75, 3.05) is 19.7 Å². The predicted octanol–water partition coefficient (Wildman–Crippen LogP) is 2.74. The molecule has 0 N–H and O–H groups in total. The fourth-order valence-electron chi connectivity index (χ4n) is 4.10. The third-order valence-electron chi connectivity index (χ3n) is 5.50. The maximum absolute atomic E-state index is 5.83. The highest BCUT2D eigenvalue weighted by Gasteiger charge is 2.27. The van der Waals surface area contributed by atoms with Gasteiger partial charge in [0.25, 0.3) is 0 Å². The van der Waals surface area contributed by atoms with Gasteiger partial charge in [-0.05, 0) is 30.5 Å². The van der Waals surface area contributed by atoms with E-state index in [0.717, 1.165) is 69.2 Å². The molecule has 134 valence electrons. The Hall–Kier alpha value is -2.31. The van der Waals surface area contributed by atoms with Gasteiger partial charge in [0.2, 0.25) is 0 Å². The van der Waals surface area contributed by atoms with E-state index in [1.807, 2.05) is 12.3 Å². The molecular weight excluding hydrogens is 326 g/mol. The van der Waals surface area contributed by atoms with Crippen LogP contribution >= 0.6 is 0 Å². The molecule has 0 bridgehead atoms. The van der Waals surface area contributed by atoms with E-state index in [1.165, 1.54) is 10.9 Å². The number of para-hydroxylation sites is 1. The lowest BCUT2D eigenvalue weighted by Crippen LogP contribution is -2.27. The zero-order valence-corrected chi connectivity index (χ0v) is 14.8. The van der Waals surface area contributed by atoms with Gasteiger partial charge in [-0.3, -0.25) is 9.88 Å². The number of fused-ring (bicyclic) bond motifs is 2. The molecule has 1 fully saturated rings. The van der Waals surface area contributed by atoms with E-state index in [-0.39, 0.29) is 6.10 Å². The van der Waals surface area contributed by atoms with Crippen molar-refractivity contribution in [3.63, 3.8) is 0 Å². The van der Waals surface area contributed by atoms with E-state index in [9.17, 15) is 0 Å². The SMILES string of the molecule is c1ccc2c(CN3CCc4nnc(C5CCCO5)n4CC3)ccnc2c1. The molecule has 0 amide bonds. The van der Waals surface area contributed by atoms with Crippen molar-refractivity contribution in [2.24, 2.45) is 0 Å². The minimum atomic E-state index is 0.131. The molecule has 6 heteroatoms. The Bertz CT molecular complexity index is 910. The third-order valence-corrected chi connectivity index (χ3v) is 5.50. The van der Waals surface area contributed by atoms with Crippen molar-refractivity contribution in [1.82, 2.24) is 24.6 Å². The standard InChI is InChI=1S/C20H23N5O/c1-2-5-17-16(4-1)15(7-9-21-17)14-24-10-8-19-22-23-20(25(19)12-11-24)18-6-3-13-26-18/h1-2,4-5,7,9,18H,3,6,8,10-14H2. The highest BCUT2D eigenvalue weighted by atomic mass is 16.5. The summed E-state index contributed by atoms with van der Waals surface area (Å²) in [6, 6.07) is 10.5. The van der Waals surface area contributed by atoms with E-state index in [2.05, 4.69) is 48.9 Å². The van der Waals surface area contributed by atoms with Gasteiger partial charge in [0.05, 0.1) is 5.52 Å². The maximum Gasteiger partial charge on any atom is 0.162 e. The summed E-state index contributed by atoms with van der Waals surface area (Å²) in [7, 11) is 0. The first-order chi connectivity index (χ1) is 12.9. The summed E-state index contributed by atoms with van der Waals surface area (Å²) in [5, 5.41) is 10.1. The summed E-state index contributed by atoms with van der Waals surface area (Å²) in [6.45, 7) is 4.72.